The molecule has 3 nitrogen and oxygen atoms in total. The number of halogens is 1. The van der Waals surface area contributed by atoms with Crippen LogP contribution in [0.25, 0.3) is 0 Å². The smallest absolute Gasteiger partial charge is 0.165 e. The zero-order chi connectivity index (χ0) is 13.8. The molecule has 0 saturated carbocycles. The quantitative estimate of drug-likeness (QED) is 0.847. The lowest BCUT2D eigenvalue weighted by Crippen LogP contribution is -2.40. The SMILES string of the molecule is CCNC(c1ccc(OC)c(F)c1)C(C)(C)OC. The van der Waals surface area contributed by atoms with Gasteiger partial charge in [0.1, 0.15) is 0 Å². The van der Waals surface area contributed by atoms with E-state index in [9.17, 15) is 4.39 Å². The summed E-state index contributed by atoms with van der Waals surface area (Å²) in [5.74, 6) is -0.103. The monoisotopic (exact) mass is 255 g/mol. The highest BCUT2D eigenvalue weighted by atomic mass is 19.1. The number of methoxy groups -OCH3 is 2. The predicted octanol–water partition coefficient (Wildman–Crippen LogP) is 2.91. The van der Waals surface area contributed by atoms with Gasteiger partial charge in [-0.15, -0.1) is 0 Å². The Morgan fingerprint density at radius 2 is 2.00 bits per heavy atom. The van der Waals surface area contributed by atoms with E-state index in [1.807, 2.05) is 26.8 Å². The summed E-state index contributed by atoms with van der Waals surface area (Å²) in [6.07, 6.45) is 0. The first-order valence-electron chi connectivity index (χ1n) is 6.08. The molecule has 0 aliphatic carbocycles. The molecular formula is C14H22FNO2. The first-order valence-corrected chi connectivity index (χ1v) is 6.08. The van der Waals surface area contributed by atoms with Gasteiger partial charge in [-0.3, -0.25) is 0 Å². The van der Waals surface area contributed by atoms with Crippen molar-refractivity contribution in [1.82, 2.24) is 5.32 Å². The van der Waals surface area contributed by atoms with Crippen molar-refractivity contribution in [2.75, 3.05) is 20.8 Å². The fraction of sp³-hybridized carbons (Fsp3) is 0.571. The highest BCUT2D eigenvalue weighted by Gasteiger charge is 2.30. The van der Waals surface area contributed by atoms with Crippen LogP contribution in [0.3, 0.4) is 0 Å². The minimum Gasteiger partial charge on any atom is -0.494 e. The Kier molecular flexibility index (Phi) is 5.11. The first kappa shape index (κ1) is 14.9. The Bertz CT molecular complexity index is 393. The first-order chi connectivity index (χ1) is 8.46. The average Bonchev–Trinajstić information content (AvgIpc) is 2.35. The van der Waals surface area contributed by atoms with Crippen LogP contribution in [0.1, 0.15) is 32.4 Å². The topological polar surface area (TPSA) is 30.5 Å². The Hall–Kier alpha value is -1.13. The van der Waals surface area contributed by atoms with E-state index in [1.54, 1.807) is 13.2 Å². The van der Waals surface area contributed by atoms with Crippen LogP contribution >= 0.6 is 0 Å². The molecule has 0 fully saturated rings. The number of hydrogen-bond acceptors (Lipinski definition) is 3. The fourth-order valence-corrected chi connectivity index (χ4v) is 1.95. The molecule has 1 N–H and O–H groups in total. The summed E-state index contributed by atoms with van der Waals surface area (Å²) < 4.78 is 24.2. The number of hydrogen-bond donors (Lipinski definition) is 1. The molecule has 0 bridgehead atoms. The molecule has 1 aromatic rings. The molecule has 0 spiro atoms. The molecule has 0 aliphatic rings. The van der Waals surface area contributed by atoms with Crippen molar-refractivity contribution in [2.45, 2.75) is 32.4 Å². The largest absolute Gasteiger partial charge is 0.494 e. The highest BCUT2D eigenvalue weighted by molar-refractivity contribution is 5.32. The van der Waals surface area contributed by atoms with E-state index in [-0.39, 0.29) is 17.6 Å². The van der Waals surface area contributed by atoms with Crippen molar-refractivity contribution in [2.24, 2.45) is 0 Å². The maximum Gasteiger partial charge on any atom is 0.165 e. The molecular weight excluding hydrogens is 233 g/mol. The summed E-state index contributed by atoms with van der Waals surface area (Å²) in [4.78, 5) is 0. The van der Waals surface area contributed by atoms with Gasteiger partial charge in [0.2, 0.25) is 0 Å². The maximum absolute atomic E-state index is 13.7. The zero-order valence-corrected chi connectivity index (χ0v) is 11.7. The van der Waals surface area contributed by atoms with Gasteiger partial charge >= 0.3 is 0 Å². The number of nitrogens with one attached hydrogen (secondary N) is 1. The summed E-state index contributed by atoms with van der Waals surface area (Å²) >= 11 is 0. The Morgan fingerprint density at radius 1 is 1.33 bits per heavy atom. The van der Waals surface area contributed by atoms with E-state index in [1.165, 1.54) is 13.2 Å². The van der Waals surface area contributed by atoms with Gasteiger partial charge in [-0.25, -0.2) is 4.39 Å². The van der Waals surface area contributed by atoms with Crippen molar-refractivity contribution >= 4 is 0 Å². The number of ether oxygens (including phenoxy) is 2. The van der Waals surface area contributed by atoms with E-state index < -0.39 is 5.60 Å². The van der Waals surface area contributed by atoms with Gasteiger partial charge in [0.25, 0.3) is 0 Å². The maximum atomic E-state index is 13.7. The van der Waals surface area contributed by atoms with Crippen LogP contribution in [0.5, 0.6) is 5.75 Å². The number of rotatable bonds is 6. The molecule has 18 heavy (non-hydrogen) atoms. The van der Waals surface area contributed by atoms with Crippen LogP contribution in [0.2, 0.25) is 0 Å². The number of likely N-dealkylation sites (N-methyl/N-ethyl adjacent to an activating group) is 1. The summed E-state index contributed by atoms with van der Waals surface area (Å²) in [5, 5.41) is 3.32. The Labute approximate surface area is 108 Å². The van der Waals surface area contributed by atoms with E-state index >= 15 is 0 Å². The Morgan fingerprint density at radius 3 is 2.44 bits per heavy atom. The second-order valence-electron chi connectivity index (χ2n) is 4.69. The fourth-order valence-electron chi connectivity index (χ4n) is 1.95. The third-order valence-electron chi connectivity index (χ3n) is 3.14. The van der Waals surface area contributed by atoms with Gasteiger partial charge in [0, 0.05) is 7.11 Å². The lowest BCUT2D eigenvalue weighted by molar-refractivity contribution is -0.0107. The van der Waals surface area contributed by atoms with Crippen LogP contribution in [-0.2, 0) is 4.74 Å². The van der Waals surface area contributed by atoms with Crippen LogP contribution in [0.15, 0.2) is 18.2 Å². The van der Waals surface area contributed by atoms with Gasteiger partial charge in [-0.2, -0.15) is 0 Å². The molecule has 0 heterocycles. The van der Waals surface area contributed by atoms with E-state index in [2.05, 4.69) is 5.32 Å². The van der Waals surface area contributed by atoms with Crippen molar-refractivity contribution in [1.29, 1.82) is 0 Å². The van der Waals surface area contributed by atoms with Crippen molar-refractivity contribution in [3.63, 3.8) is 0 Å². The summed E-state index contributed by atoms with van der Waals surface area (Å²) in [5.41, 5.74) is 0.429. The molecule has 1 rings (SSSR count). The Balaban J connectivity index is 3.10. The molecule has 0 aromatic heterocycles. The van der Waals surface area contributed by atoms with E-state index in [4.69, 9.17) is 9.47 Å². The zero-order valence-electron chi connectivity index (χ0n) is 11.7. The third kappa shape index (κ3) is 3.21. The van der Waals surface area contributed by atoms with Crippen molar-refractivity contribution in [3.05, 3.63) is 29.6 Å². The van der Waals surface area contributed by atoms with Crippen LogP contribution in [0, 0.1) is 5.82 Å². The van der Waals surface area contributed by atoms with E-state index in [0.29, 0.717) is 0 Å². The van der Waals surface area contributed by atoms with Crippen LogP contribution < -0.4 is 10.1 Å². The summed E-state index contributed by atoms with van der Waals surface area (Å²) in [7, 11) is 3.11. The van der Waals surface area contributed by atoms with Gasteiger partial charge in [0.15, 0.2) is 11.6 Å². The standard InChI is InChI=1S/C14H22FNO2/c1-6-16-13(14(2,3)18-5)10-7-8-12(17-4)11(15)9-10/h7-9,13,16H,6H2,1-5H3. The van der Waals surface area contributed by atoms with Crippen molar-refractivity contribution < 1.29 is 13.9 Å². The second kappa shape index (κ2) is 6.16. The molecule has 1 atom stereocenters. The summed E-state index contributed by atoms with van der Waals surface area (Å²) in [6.45, 7) is 6.74. The molecule has 0 aliphatic heterocycles. The summed E-state index contributed by atoms with van der Waals surface area (Å²) in [6, 6.07) is 4.91. The normalized spacial score (nSPS) is 13.4. The molecule has 102 valence electrons. The van der Waals surface area contributed by atoms with Gasteiger partial charge in [-0.1, -0.05) is 13.0 Å². The molecule has 1 unspecified atom stereocenters. The molecule has 0 saturated heterocycles. The third-order valence-corrected chi connectivity index (χ3v) is 3.14. The van der Waals surface area contributed by atoms with E-state index in [0.717, 1.165) is 12.1 Å². The van der Waals surface area contributed by atoms with Gasteiger partial charge < -0.3 is 14.8 Å². The number of benzene rings is 1. The highest BCUT2D eigenvalue weighted by Crippen LogP contribution is 2.30. The molecule has 1 aromatic carbocycles. The minimum atomic E-state index is -0.420. The van der Waals surface area contributed by atoms with Crippen LogP contribution in [0.4, 0.5) is 4.39 Å². The van der Waals surface area contributed by atoms with Crippen LogP contribution in [-0.4, -0.2) is 26.4 Å². The minimum absolute atomic E-state index is 0.0760. The average molecular weight is 255 g/mol. The molecule has 0 amide bonds. The second-order valence-corrected chi connectivity index (χ2v) is 4.69. The predicted molar refractivity (Wildman–Crippen MR) is 70.5 cm³/mol. The van der Waals surface area contributed by atoms with Gasteiger partial charge in [-0.05, 0) is 38.1 Å². The molecule has 0 radical (unpaired) electrons. The lowest BCUT2D eigenvalue weighted by atomic mass is 9.91. The van der Waals surface area contributed by atoms with Gasteiger partial charge in [0.05, 0.1) is 18.8 Å². The van der Waals surface area contributed by atoms with Crippen molar-refractivity contribution in [3.8, 4) is 5.75 Å². The molecule has 4 heteroatoms. The lowest BCUT2D eigenvalue weighted by Gasteiger charge is -2.34.